The lowest BCUT2D eigenvalue weighted by atomic mass is 9.96. The van der Waals surface area contributed by atoms with E-state index in [1.165, 1.54) is 0 Å². The molecule has 0 bridgehead atoms. The molecule has 2 saturated heterocycles. The van der Waals surface area contributed by atoms with Crippen LogP contribution < -0.4 is 0 Å². The predicted octanol–water partition coefficient (Wildman–Crippen LogP) is 3.33. The van der Waals surface area contributed by atoms with Gasteiger partial charge in [0, 0.05) is 49.2 Å². The standard InChI is InChI=1S/C25H28N4O4/c1-16-12-20-13-18(5-6-22(20)33-16)24(30)29-7-3-4-19(15-29)23-26-14-21(17(2)27-23)25(31)28-8-10-32-11-9-28/h5-6,12-14,19H,3-4,7-11,15H2,1-2H3. The van der Waals surface area contributed by atoms with Crippen LogP contribution in [0.5, 0.6) is 0 Å². The molecule has 0 radical (unpaired) electrons. The third-order valence-corrected chi connectivity index (χ3v) is 6.49. The number of likely N-dealkylation sites (tertiary alicyclic amines) is 1. The number of benzene rings is 1. The van der Waals surface area contributed by atoms with Crippen LogP contribution >= 0.6 is 0 Å². The van der Waals surface area contributed by atoms with Crippen LogP contribution in [-0.2, 0) is 4.74 Å². The first-order valence-corrected chi connectivity index (χ1v) is 11.5. The van der Waals surface area contributed by atoms with Gasteiger partial charge >= 0.3 is 0 Å². The Kier molecular flexibility index (Phi) is 5.85. The number of hydrogen-bond donors (Lipinski definition) is 0. The van der Waals surface area contributed by atoms with Crippen molar-refractivity contribution in [2.75, 3.05) is 39.4 Å². The first-order chi connectivity index (χ1) is 16.0. The molecule has 1 aromatic carbocycles. The molecular weight excluding hydrogens is 420 g/mol. The molecule has 8 heteroatoms. The summed E-state index contributed by atoms with van der Waals surface area (Å²) in [4.78, 5) is 38.9. The number of amides is 2. The van der Waals surface area contributed by atoms with E-state index in [2.05, 4.69) is 9.97 Å². The average molecular weight is 449 g/mol. The van der Waals surface area contributed by atoms with Gasteiger partial charge in [-0.05, 0) is 51.0 Å². The summed E-state index contributed by atoms with van der Waals surface area (Å²) < 4.78 is 11.0. The second kappa shape index (κ2) is 8.94. The van der Waals surface area contributed by atoms with Gasteiger partial charge in [0.05, 0.1) is 24.5 Å². The van der Waals surface area contributed by atoms with Crippen LogP contribution in [0.15, 0.2) is 34.9 Å². The highest BCUT2D eigenvalue weighted by Gasteiger charge is 2.29. The molecule has 5 rings (SSSR count). The molecule has 0 saturated carbocycles. The van der Waals surface area contributed by atoms with Gasteiger partial charge in [-0.25, -0.2) is 9.97 Å². The van der Waals surface area contributed by atoms with Gasteiger partial charge in [-0.2, -0.15) is 0 Å². The SMILES string of the molecule is Cc1cc2cc(C(=O)N3CCCC(c4ncc(C(=O)N5CCOCC5)c(C)n4)C3)ccc2o1. The van der Waals surface area contributed by atoms with Gasteiger partial charge in [0.2, 0.25) is 0 Å². The van der Waals surface area contributed by atoms with E-state index in [9.17, 15) is 9.59 Å². The predicted molar refractivity (Wildman–Crippen MR) is 122 cm³/mol. The van der Waals surface area contributed by atoms with Crippen LogP contribution in [0.3, 0.4) is 0 Å². The molecule has 4 heterocycles. The Morgan fingerprint density at radius 3 is 2.64 bits per heavy atom. The number of carbonyl (C=O) groups excluding carboxylic acids is 2. The fourth-order valence-electron chi connectivity index (χ4n) is 4.69. The summed E-state index contributed by atoms with van der Waals surface area (Å²) in [7, 11) is 0. The molecule has 3 aromatic rings. The summed E-state index contributed by atoms with van der Waals surface area (Å²) in [6.07, 6.45) is 3.45. The first kappa shape index (κ1) is 21.6. The van der Waals surface area contributed by atoms with E-state index >= 15 is 0 Å². The monoisotopic (exact) mass is 448 g/mol. The Morgan fingerprint density at radius 2 is 1.85 bits per heavy atom. The normalized spacial score (nSPS) is 19.2. The minimum atomic E-state index is -0.0484. The second-order valence-electron chi connectivity index (χ2n) is 8.83. The van der Waals surface area contributed by atoms with E-state index in [1.807, 2.05) is 43.0 Å². The number of aromatic nitrogens is 2. The lowest BCUT2D eigenvalue weighted by molar-refractivity contribution is 0.0301. The number of fused-ring (bicyclic) bond motifs is 1. The van der Waals surface area contributed by atoms with Crippen LogP contribution in [0.4, 0.5) is 0 Å². The van der Waals surface area contributed by atoms with E-state index in [0.29, 0.717) is 62.0 Å². The Balaban J connectivity index is 1.31. The first-order valence-electron chi connectivity index (χ1n) is 11.5. The fraction of sp³-hybridized carbons (Fsp3) is 0.440. The quantitative estimate of drug-likeness (QED) is 0.611. The van der Waals surface area contributed by atoms with Crippen LogP contribution in [0.1, 0.15) is 56.8 Å². The molecule has 2 aliphatic heterocycles. The van der Waals surface area contributed by atoms with Crippen molar-refractivity contribution in [3.05, 3.63) is 58.9 Å². The summed E-state index contributed by atoms with van der Waals surface area (Å²) in [6, 6.07) is 7.52. The van der Waals surface area contributed by atoms with E-state index in [0.717, 1.165) is 29.6 Å². The molecule has 0 N–H and O–H groups in total. The van der Waals surface area contributed by atoms with Gasteiger partial charge in [0.1, 0.15) is 17.2 Å². The topological polar surface area (TPSA) is 88.8 Å². The number of carbonyl (C=O) groups is 2. The Hall–Kier alpha value is -3.26. The third-order valence-electron chi connectivity index (χ3n) is 6.49. The molecule has 0 spiro atoms. The van der Waals surface area contributed by atoms with Gasteiger partial charge < -0.3 is 19.0 Å². The minimum absolute atomic E-state index is 0.0105. The molecule has 0 aliphatic carbocycles. The highest BCUT2D eigenvalue weighted by Crippen LogP contribution is 2.27. The minimum Gasteiger partial charge on any atom is -0.461 e. The van der Waals surface area contributed by atoms with E-state index in [-0.39, 0.29) is 17.7 Å². The summed E-state index contributed by atoms with van der Waals surface area (Å²) in [5, 5.41) is 0.936. The number of aryl methyl sites for hydroxylation is 2. The molecule has 1 unspecified atom stereocenters. The van der Waals surface area contributed by atoms with Crippen molar-refractivity contribution in [2.24, 2.45) is 0 Å². The molecule has 8 nitrogen and oxygen atoms in total. The molecular formula is C25H28N4O4. The summed E-state index contributed by atoms with van der Waals surface area (Å²) in [6.45, 7) is 7.33. The number of nitrogens with zero attached hydrogens (tertiary/aromatic N) is 4. The summed E-state index contributed by atoms with van der Waals surface area (Å²) >= 11 is 0. The van der Waals surface area contributed by atoms with E-state index in [4.69, 9.17) is 9.15 Å². The van der Waals surface area contributed by atoms with E-state index in [1.54, 1.807) is 11.1 Å². The van der Waals surface area contributed by atoms with Crippen molar-refractivity contribution >= 4 is 22.8 Å². The molecule has 33 heavy (non-hydrogen) atoms. The van der Waals surface area contributed by atoms with Crippen molar-refractivity contribution in [2.45, 2.75) is 32.6 Å². The molecule has 2 aliphatic rings. The maximum atomic E-state index is 13.2. The van der Waals surface area contributed by atoms with Crippen molar-refractivity contribution in [1.29, 1.82) is 0 Å². The van der Waals surface area contributed by atoms with Gasteiger partial charge in [-0.1, -0.05) is 0 Å². The largest absolute Gasteiger partial charge is 0.461 e. The van der Waals surface area contributed by atoms with Crippen LogP contribution in [0.25, 0.3) is 11.0 Å². The van der Waals surface area contributed by atoms with Crippen LogP contribution in [0.2, 0.25) is 0 Å². The molecule has 1 atom stereocenters. The number of rotatable bonds is 3. The number of piperidine rings is 1. The number of morpholine rings is 1. The zero-order valence-corrected chi connectivity index (χ0v) is 19.0. The van der Waals surface area contributed by atoms with Gasteiger partial charge in [-0.15, -0.1) is 0 Å². The highest BCUT2D eigenvalue weighted by atomic mass is 16.5. The summed E-state index contributed by atoms with van der Waals surface area (Å²) in [5.41, 5.74) is 2.66. The van der Waals surface area contributed by atoms with Crippen LogP contribution in [-0.4, -0.2) is 71.0 Å². The zero-order valence-electron chi connectivity index (χ0n) is 19.0. The lowest BCUT2D eigenvalue weighted by Gasteiger charge is -2.32. The molecule has 172 valence electrons. The molecule has 2 amide bonds. The van der Waals surface area contributed by atoms with Crippen LogP contribution in [0, 0.1) is 13.8 Å². The van der Waals surface area contributed by atoms with Crippen molar-refractivity contribution in [3.63, 3.8) is 0 Å². The number of furan rings is 1. The maximum Gasteiger partial charge on any atom is 0.257 e. The van der Waals surface area contributed by atoms with Gasteiger partial charge in [0.25, 0.3) is 11.8 Å². The highest BCUT2D eigenvalue weighted by molar-refractivity contribution is 5.98. The third kappa shape index (κ3) is 4.35. The van der Waals surface area contributed by atoms with Crippen molar-refractivity contribution in [3.8, 4) is 0 Å². The number of ether oxygens (including phenoxy) is 1. The number of hydrogen-bond acceptors (Lipinski definition) is 6. The van der Waals surface area contributed by atoms with Gasteiger partial charge in [-0.3, -0.25) is 9.59 Å². The van der Waals surface area contributed by atoms with Crippen molar-refractivity contribution < 1.29 is 18.7 Å². The molecule has 2 fully saturated rings. The molecule has 2 aromatic heterocycles. The Labute approximate surface area is 192 Å². The Morgan fingerprint density at radius 1 is 1.03 bits per heavy atom. The Bertz CT molecular complexity index is 1200. The lowest BCUT2D eigenvalue weighted by Crippen LogP contribution is -2.41. The van der Waals surface area contributed by atoms with Gasteiger partial charge in [0.15, 0.2) is 0 Å². The summed E-state index contributed by atoms with van der Waals surface area (Å²) in [5.74, 6) is 1.54. The fourth-order valence-corrected chi connectivity index (χ4v) is 4.69. The van der Waals surface area contributed by atoms with E-state index < -0.39 is 0 Å². The zero-order chi connectivity index (χ0) is 22.9. The second-order valence-corrected chi connectivity index (χ2v) is 8.83. The van der Waals surface area contributed by atoms with Crippen molar-refractivity contribution in [1.82, 2.24) is 19.8 Å². The average Bonchev–Trinajstić information content (AvgIpc) is 3.23. The maximum absolute atomic E-state index is 13.2. The smallest absolute Gasteiger partial charge is 0.257 e.